The first kappa shape index (κ1) is 12.8. The van der Waals surface area contributed by atoms with Crippen molar-refractivity contribution < 1.29 is 14.3 Å². The molecule has 2 aromatic rings. The number of nitrogens with one attached hydrogen (secondary N) is 1. The number of carbonyl (C=O) groups is 1. The van der Waals surface area contributed by atoms with Gasteiger partial charge in [0, 0.05) is 5.69 Å². The summed E-state index contributed by atoms with van der Waals surface area (Å²) in [4.78, 5) is 15.1. The maximum absolute atomic E-state index is 13.0. The van der Waals surface area contributed by atoms with E-state index in [1.54, 1.807) is 6.92 Å². The van der Waals surface area contributed by atoms with Gasteiger partial charge < -0.3 is 10.4 Å². The molecule has 0 amide bonds. The van der Waals surface area contributed by atoms with Gasteiger partial charge in [-0.05, 0) is 25.1 Å². The van der Waals surface area contributed by atoms with Crippen LogP contribution in [0, 0.1) is 12.7 Å². The molecular weight excluding hydrogens is 279 g/mol. The molecule has 2 rings (SSSR count). The van der Waals surface area contributed by atoms with Gasteiger partial charge in [-0.25, -0.2) is 14.2 Å². The third-order valence-corrected chi connectivity index (χ3v) is 3.51. The zero-order valence-electron chi connectivity index (χ0n) is 9.20. The molecule has 2 N–H and O–H groups in total. The minimum absolute atomic E-state index is 0.00765. The van der Waals surface area contributed by atoms with Crippen molar-refractivity contribution in [1.29, 1.82) is 0 Å². The van der Waals surface area contributed by atoms with E-state index in [4.69, 9.17) is 16.7 Å². The Morgan fingerprint density at radius 1 is 1.56 bits per heavy atom. The summed E-state index contributed by atoms with van der Waals surface area (Å²) < 4.78 is 13.0. The Balaban J connectivity index is 2.26. The van der Waals surface area contributed by atoms with Crippen molar-refractivity contribution in [3.63, 3.8) is 0 Å². The first-order chi connectivity index (χ1) is 8.47. The maximum Gasteiger partial charge on any atom is 0.347 e. The summed E-state index contributed by atoms with van der Waals surface area (Å²) in [6.07, 6.45) is 0. The molecule has 0 unspecified atom stereocenters. The standard InChI is InChI=1S/C11H8ClFN2O2S/c1-5-9(10(16)17)18-11(14-5)15-6-2-3-8(13)7(12)4-6/h2-4H,1H3,(H,14,15)(H,16,17). The molecule has 0 aliphatic heterocycles. The minimum Gasteiger partial charge on any atom is -0.477 e. The first-order valence-electron chi connectivity index (χ1n) is 4.90. The number of rotatable bonds is 3. The number of benzene rings is 1. The largest absolute Gasteiger partial charge is 0.477 e. The Bertz CT molecular complexity index is 615. The van der Waals surface area contributed by atoms with Gasteiger partial charge in [-0.1, -0.05) is 22.9 Å². The van der Waals surface area contributed by atoms with Gasteiger partial charge in [0.15, 0.2) is 5.13 Å². The third-order valence-electron chi connectivity index (χ3n) is 2.16. The van der Waals surface area contributed by atoms with E-state index in [1.807, 2.05) is 0 Å². The van der Waals surface area contributed by atoms with Gasteiger partial charge in [-0.2, -0.15) is 0 Å². The van der Waals surface area contributed by atoms with Crippen LogP contribution in [-0.4, -0.2) is 16.1 Å². The van der Waals surface area contributed by atoms with E-state index in [9.17, 15) is 9.18 Å². The van der Waals surface area contributed by atoms with Gasteiger partial charge in [0.05, 0.1) is 10.7 Å². The molecule has 0 saturated carbocycles. The molecule has 0 saturated heterocycles. The summed E-state index contributed by atoms with van der Waals surface area (Å²) in [5.41, 5.74) is 0.982. The van der Waals surface area contributed by atoms with Crippen LogP contribution in [0.15, 0.2) is 18.2 Å². The van der Waals surface area contributed by atoms with E-state index in [1.165, 1.54) is 18.2 Å². The third kappa shape index (κ3) is 2.60. The normalized spacial score (nSPS) is 10.4. The molecule has 18 heavy (non-hydrogen) atoms. The highest BCUT2D eigenvalue weighted by Crippen LogP contribution is 2.27. The van der Waals surface area contributed by atoms with E-state index in [2.05, 4.69) is 10.3 Å². The molecule has 4 nitrogen and oxygen atoms in total. The SMILES string of the molecule is Cc1nc(Nc2ccc(F)c(Cl)c2)sc1C(=O)O. The lowest BCUT2D eigenvalue weighted by Gasteiger charge is -2.02. The lowest BCUT2D eigenvalue weighted by molar-refractivity contribution is 0.0701. The topological polar surface area (TPSA) is 62.2 Å². The highest BCUT2D eigenvalue weighted by Gasteiger charge is 2.14. The monoisotopic (exact) mass is 286 g/mol. The number of hydrogen-bond donors (Lipinski definition) is 2. The highest BCUT2D eigenvalue weighted by atomic mass is 35.5. The fourth-order valence-electron chi connectivity index (χ4n) is 1.35. The number of aryl methyl sites for hydroxylation is 1. The van der Waals surface area contributed by atoms with Crippen molar-refractivity contribution in [2.24, 2.45) is 0 Å². The summed E-state index contributed by atoms with van der Waals surface area (Å²) in [7, 11) is 0. The molecule has 0 spiro atoms. The minimum atomic E-state index is -1.02. The van der Waals surface area contributed by atoms with Crippen LogP contribution in [0.1, 0.15) is 15.4 Å². The Hall–Kier alpha value is -1.66. The van der Waals surface area contributed by atoms with Gasteiger partial charge in [-0.15, -0.1) is 0 Å². The Morgan fingerprint density at radius 2 is 2.28 bits per heavy atom. The summed E-state index contributed by atoms with van der Waals surface area (Å²) in [6, 6.07) is 4.13. The fraction of sp³-hybridized carbons (Fsp3) is 0.0909. The van der Waals surface area contributed by atoms with Crippen LogP contribution >= 0.6 is 22.9 Å². The lowest BCUT2D eigenvalue weighted by atomic mass is 10.3. The quantitative estimate of drug-likeness (QED) is 0.903. The molecule has 1 aromatic heterocycles. The molecule has 0 fully saturated rings. The van der Waals surface area contributed by atoms with Crippen LogP contribution in [-0.2, 0) is 0 Å². The molecule has 1 heterocycles. The summed E-state index contributed by atoms with van der Waals surface area (Å²) in [5, 5.41) is 12.2. The number of anilines is 2. The van der Waals surface area contributed by atoms with Crippen LogP contribution in [0.2, 0.25) is 5.02 Å². The summed E-state index contributed by atoms with van der Waals surface area (Å²) in [6.45, 7) is 1.61. The lowest BCUT2D eigenvalue weighted by Crippen LogP contribution is -1.94. The smallest absolute Gasteiger partial charge is 0.347 e. The number of carboxylic acid groups (broad SMARTS) is 1. The van der Waals surface area contributed by atoms with Crippen LogP contribution in [0.5, 0.6) is 0 Å². The van der Waals surface area contributed by atoms with Gasteiger partial charge in [0.25, 0.3) is 0 Å². The second-order valence-electron chi connectivity index (χ2n) is 3.49. The number of thiazole rings is 1. The molecule has 0 atom stereocenters. The zero-order chi connectivity index (χ0) is 13.3. The predicted octanol–water partition coefficient (Wildman–Crippen LogP) is 3.69. The molecule has 0 radical (unpaired) electrons. The van der Waals surface area contributed by atoms with E-state index >= 15 is 0 Å². The van der Waals surface area contributed by atoms with Gasteiger partial charge in [0.1, 0.15) is 10.7 Å². The van der Waals surface area contributed by atoms with E-state index in [0.29, 0.717) is 16.5 Å². The van der Waals surface area contributed by atoms with Crippen molar-refractivity contribution in [2.45, 2.75) is 6.92 Å². The number of aromatic nitrogens is 1. The van der Waals surface area contributed by atoms with Crippen molar-refractivity contribution in [3.05, 3.63) is 39.6 Å². The highest BCUT2D eigenvalue weighted by molar-refractivity contribution is 7.17. The second-order valence-corrected chi connectivity index (χ2v) is 4.90. The van der Waals surface area contributed by atoms with Gasteiger partial charge in [0.2, 0.25) is 0 Å². The molecule has 7 heteroatoms. The van der Waals surface area contributed by atoms with Gasteiger partial charge >= 0.3 is 5.97 Å². The van der Waals surface area contributed by atoms with Crippen molar-refractivity contribution in [3.8, 4) is 0 Å². The Labute approximate surface area is 111 Å². The van der Waals surface area contributed by atoms with Crippen LogP contribution in [0.4, 0.5) is 15.2 Å². The van der Waals surface area contributed by atoms with Crippen LogP contribution in [0.25, 0.3) is 0 Å². The number of aromatic carboxylic acids is 1. The molecule has 94 valence electrons. The fourth-order valence-corrected chi connectivity index (χ4v) is 2.35. The molecule has 0 aliphatic carbocycles. The molecular formula is C11H8ClFN2O2S. The van der Waals surface area contributed by atoms with Crippen molar-refractivity contribution in [2.75, 3.05) is 5.32 Å². The van der Waals surface area contributed by atoms with Crippen molar-refractivity contribution >= 4 is 39.7 Å². The van der Waals surface area contributed by atoms with Gasteiger partial charge in [-0.3, -0.25) is 0 Å². The average Bonchev–Trinajstić information content (AvgIpc) is 2.65. The molecule has 1 aromatic carbocycles. The molecule has 0 aliphatic rings. The Morgan fingerprint density at radius 3 is 2.83 bits per heavy atom. The number of hydrogen-bond acceptors (Lipinski definition) is 4. The number of halogens is 2. The van der Waals surface area contributed by atoms with E-state index in [-0.39, 0.29) is 9.90 Å². The predicted molar refractivity (Wildman–Crippen MR) is 68.5 cm³/mol. The summed E-state index contributed by atoms with van der Waals surface area (Å²) >= 11 is 6.65. The van der Waals surface area contributed by atoms with E-state index < -0.39 is 11.8 Å². The van der Waals surface area contributed by atoms with Crippen molar-refractivity contribution in [1.82, 2.24) is 4.98 Å². The average molecular weight is 287 g/mol. The van der Waals surface area contributed by atoms with Crippen LogP contribution < -0.4 is 5.32 Å². The summed E-state index contributed by atoms with van der Waals surface area (Å²) in [5.74, 6) is -1.53. The van der Waals surface area contributed by atoms with Crippen LogP contribution in [0.3, 0.4) is 0 Å². The Kier molecular flexibility index (Phi) is 3.49. The zero-order valence-corrected chi connectivity index (χ0v) is 10.8. The second kappa shape index (κ2) is 4.91. The number of carboxylic acids is 1. The van der Waals surface area contributed by atoms with E-state index in [0.717, 1.165) is 11.3 Å². The first-order valence-corrected chi connectivity index (χ1v) is 6.09. The number of nitrogens with zero attached hydrogens (tertiary/aromatic N) is 1. The maximum atomic E-state index is 13.0. The molecule has 0 bridgehead atoms.